The van der Waals surface area contributed by atoms with E-state index in [-0.39, 0.29) is 6.04 Å². The van der Waals surface area contributed by atoms with Crippen LogP contribution in [-0.4, -0.2) is 31.6 Å². The van der Waals surface area contributed by atoms with Gasteiger partial charge < -0.3 is 5.32 Å². The molecule has 0 spiro atoms. The maximum atomic E-state index is 4.52. The van der Waals surface area contributed by atoms with Crippen LogP contribution < -0.4 is 5.32 Å². The highest BCUT2D eigenvalue weighted by Crippen LogP contribution is 2.18. The molecule has 20 heavy (non-hydrogen) atoms. The second-order valence-electron chi connectivity index (χ2n) is 4.97. The van der Waals surface area contributed by atoms with E-state index >= 15 is 0 Å². The quantitative estimate of drug-likeness (QED) is 0.836. The first kappa shape index (κ1) is 14.7. The van der Waals surface area contributed by atoms with Gasteiger partial charge in [-0.3, -0.25) is 9.36 Å². The van der Waals surface area contributed by atoms with Crippen LogP contribution in [0.25, 0.3) is 0 Å². The maximum Gasteiger partial charge on any atom is 0.138 e. The largest absolute Gasteiger partial charge is 0.311 e. The van der Waals surface area contributed by atoms with Gasteiger partial charge in [-0.25, -0.2) is 4.98 Å². The average Bonchev–Trinajstić information content (AvgIpc) is 3.03. The molecule has 6 nitrogen and oxygen atoms in total. The molecule has 2 aromatic heterocycles. The molecule has 2 aromatic rings. The number of likely N-dealkylation sites (N-methyl/N-ethyl adjacent to an activating group) is 1. The van der Waals surface area contributed by atoms with Crippen molar-refractivity contribution < 1.29 is 0 Å². The molecule has 0 amide bonds. The Kier molecular flexibility index (Phi) is 4.89. The summed E-state index contributed by atoms with van der Waals surface area (Å²) in [5, 5.41) is 12.2. The molecule has 1 atom stereocenters. The molecule has 6 heteroatoms. The fraction of sp³-hybridized carbons (Fsp3) is 0.643. The van der Waals surface area contributed by atoms with Crippen molar-refractivity contribution in [3.63, 3.8) is 0 Å². The monoisotopic (exact) mass is 276 g/mol. The molecule has 0 radical (unpaired) electrons. The Morgan fingerprint density at radius 1 is 1.30 bits per heavy atom. The summed E-state index contributed by atoms with van der Waals surface area (Å²) in [6, 6.07) is 2.35. The van der Waals surface area contributed by atoms with E-state index in [1.807, 2.05) is 18.7 Å². The van der Waals surface area contributed by atoms with Crippen LogP contribution in [0.3, 0.4) is 0 Å². The highest BCUT2D eigenvalue weighted by atomic mass is 15.3. The molecule has 1 N–H and O–H groups in total. The molecule has 2 rings (SSSR count). The first-order valence-corrected chi connectivity index (χ1v) is 7.27. The Balaban J connectivity index is 2.22. The van der Waals surface area contributed by atoms with Crippen LogP contribution in [0.15, 0.2) is 12.4 Å². The number of rotatable bonds is 7. The first-order chi connectivity index (χ1) is 9.69. The van der Waals surface area contributed by atoms with Gasteiger partial charge in [-0.15, -0.1) is 0 Å². The molecular formula is C14H24N6. The summed E-state index contributed by atoms with van der Waals surface area (Å²) in [6.45, 7) is 8.08. The van der Waals surface area contributed by atoms with Crippen LogP contribution in [0.2, 0.25) is 0 Å². The van der Waals surface area contributed by atoms with Crippen molar-refractivity contribution in [2.45, 2.75) is 52.7 Å². The molecule has 1 unspecified atom stereocenters. The van der Waals surface area contributed by atoms with Gasteiger partial charge in [0.15, 0.2) is 0 Å². The minimum absolute atomic E-state index is 0.205. The topological polar surface area (TPSA) is 60.6 Å². The Hall–Kier alpha value is -1.69. The van der Waals surface area contributed by atoms with Gasteiger partial charge in [0.05, 0.1) is 17.4 Å². The van der Waals surface area contributed by atoms with Gasteiger partial charge in [0.1, 0.15) is 12.2 Å². The molecule has 0 aliphatic rings. The van der Waals surface area contributed by atoms with Gasteiger partial charge in [0, 0.05) is 19.5 Å². The molecule has 0 bridgehead atoms. The van der Waals surface area contributed by atoms with Crippen LogP contribution in [0.5, 0.6) is 0 Å². The molecule has 0 saturated heterocycles. The fourth-order valence-electron chi connectivity index (χ4n) is 2.48. The van der Waals surface area contributed by atoms with Crippen LogP contribution in [0.1, 0.15) is 43.5 Å². The molecule has 0 aliphatic heterocycles. The Bertz CT molecular complexity index is 542. The zero-order chi connectivity index (χ0) is 14.5. The molecule has 0 aromatic carbocycles. The lowest BCUT2D eigenvalue weighted by Crippen LogP contribution is -2.24. The third-order valence-corrected chi connectivity index (χ3v) is 3.46. The molecule has 0 saturated carbocycles. The lowest BCUT2D eigenvalue weighted by molar-refractivity contribution is 0.481. The van der Waals surface area contributed by atoms with E-state index in [4.69, 9.17) is 0 Å². The van der Waals surface area contributed by atoms with Gasteiger partial charge in [-0.1, -0.05) is 6.92 Å². The Morgan fingerprint density at radius 2 is 2.10 bits per heavy atom. The van der Waals surface area contributed by atoms with E-state index in [0.717, 1.165) is 37.4 Å². The minimum atomic E-state index is 0.205. The van der Waals surface area contributed by atoms with E-state index in [0.29, 0.717) is 0 Å². The van der Waals surface area contributed by atoms with Gasteiger partial charge >= 0.3 is 0 Å². The molecule has 0 aliphatic carbocycles. The average molecular weight is 276 g/mol. The summed E-state index contributed by atoms with van der Waals surface area (Å²) in [5.41, 5.74) is 2.26. The number of hydrogen-bond acceptors (Lipinski definition) is 4. The smallest absolute Gasteiger partial charge is 0.138 e. The van der Waals surface area contributed by atoms with Gasteiger partial charge in [-0.05, 0) is 33.4 Å². The van der Waals surface area contributed by atoms with E-state index in [1.54, 1.807) is 6.33 Å². The molecular weight excluding hydrogens is 252 g/mol. The number of nitrogens with zero attached hydrogens (tertiary/aromatic N) is 5. The second kappa shape index (κ2) is 6.65. The number of hydrogen-bond donors (Lipinski definition) is 1. The van der Waals surface area contributed by atoms with Crippen LogP contribution >= 0.6 is 0 Å². The van der Waals surface area contributed by atoms with Crippen molar-refractivity contribution in [2.24, 2.45) is 0 Å². The number of aryl methyl sites for hydroxylation is 3. The minimum Gasteiger partial charge on any atom is -0.311 e. The standard InChI is InChI=1S/C14H24N6/c1-5-7-20-14(16-10-17-20)9-12(15-4)13-8-11(3)18-19(13)6-2/h8,10,12,15H,5-7,9H2,1-4H3. The fourth-order valence-corrected chi connectivity index (χ4v) is 2.48. The van der Waals surface area contributed by atoms with Crippen molar-refractivity contribution in [1.29, 1.82) is 0 Å². The molecule has 2 heterocycles. The first-order valence-electron chi connectivity index (χ1n) is 7.27. The summed E-state index contributed by atoms with van der Waals surface area (Å²) in [4.78, 5) is 4.39. The van der Waals surface area contributed by atoms with Crippen molar-refractivity contribution in [2.75, 3.05) is 7.05 Å². The SMILES string of the molecule is CCCn1ncnc1CC(NC)c1cc(C)nn1CC. The summed E-state index contributed by atoms with van der Waals surface area (Å²) in [6.07, 6.45) is 3.52. The van der Waals surface area contributed by atoms with Crippen molar-refractivity contribution in [3.8, 4) is 0 Å². The molecule has 110 valence electrons. The van der Waals surface area contributed by atoms with Crippen molar-refractivity contribution >= 4 is 0 Å². The third-order valence-electron chi connectivity index (χ3n) is 3.46. The predicted octanol–water partition coefficient (Wildman–Crippen LogP) is 1.72. The summed E-state index contributed by atoms with van der Waals surface area (Å²) < 4.78 is 4.04. The lowest BCUT2D eigenvalue weighted by atomic mass is 10.1. The van der Waals surface area contributed by atoms with Crippen LogP contribution in [-0.2, 0) is 19.5 Å². The van der Waals surface area contributed by atoms with Crippen LogP contribution in [0, 0.1) is 6.92 Å². The van der Waals surface area contributed by atoms with E-state index < -0.39 is 0 Å². The van der Waals surface area contributed by atoms with E-state index in [1.165, 1.54) is 5.69 Å². The normalized spacial score (nSPS) is 12.8. The Labute approximate surface area is 120 Å². The number of nitrogens with one attached hydrogen (secondary N) is 1. The van der Waals surface area contributed by atoms with Crippen LogP contribution in [0.4, 0.5) is 0 Å². The lowest BCUT2D eigenvalue weighted by Gasteiger charge is -2.17. The molecule has 0 fully saturated rings. The predicted molar refractivity (Wildman–Crippen MR) is 78.5 cm³/mol. The van der Waals surface area contributed by atoms with Crippen molar-refractivity contribution in [3.05, 3.63) is 29.6 Å². The zero-order valence-electron chi connectivity index (χ0n) is 12.8. The van der Waals surface area contributed by atoms with Crippen molar-refractivity contribution in [1.82, 2.24) is 29.9 Å². The second-order valence-corrected chi connectivity index (χ2v) is 4.97. The van der Waals surface area contributed by atoms with Gasteiger partial charge in [-0.2, -0.15) is 10.2 Å². The van der Waals surface area contributed by atoms with Gasteiger partial charge in [0.25, 0.3) is 0 Å². The summed E-state index contributed by atoms with van der Waals surface area (Å²) in [7, 11) is 1.98. The van der Waals surface area contributed by atoms with E-state index in [9.17, 15) is 0 Å². The van der Waals surface area contributed by atoms with E-state index in [2.05, 4.69) is 45.1 Å². The highest BCUT2D eigenvalue weighted by Gasteiger charge is 2.18. The number of aromatic nitrogens is 5. The maximum absolute atomic E-state index is 4.52. The van der Waals surface area contributed by atoms with Gasteiger partial charge in [0.2, 0.25) is 0 Å². The third kappa shape index (κ3) is 3.07. The summed E-state index contributed by atoms with van der Waals surface area (Å²) in [5.74, 6) is 1.02. The summed E-state index contributed by atoms with van der Waals surface area (Å²) >= 11 is 0. The Morgan fingerprint density at radius 3 is 2.75 bits per heavy atom. The highest BCUT2D eigenvalue weighted by molar-refractivity contribution is 5.15. The zero-order valence-corrected chi connectivity index (χ0v) is 12.8.